The van der Waals surface area contributed by atoms with Gasteiger partial charge in [0, 0.05) is 12.6 Å². The SMILES string of the molecule is CCCCOc1ccc(C(=O)NCC(=O)N(C)CC(=O)Nc2ccccc2Cl)cc1. The van der Waals surface area contributed by atoms with E-state index in [4.69, 9.17) is 16.3 Å². The zero-order chi connectivity index (χ0) is 21.9. The summed E-state index contributed by atoms with van der Waals surface area (Å²) in [5, 5.41) is 5.62. The number of ether oxygens (including phenoxy) is 1. The van der Waals surface area contributed by atoms with Crippen molar-refractivity contribution in [1.82, 2.24) is 10.2 Å². The first-order valence-electron chi connectivity index (χ1n) is 9.70. The molecule has 30 heavy (non-hydrogen) atoms. The summed E-state index contributed by atoms with van der Waals surface area (Å²) in [4.78, 5) is 37.8. The quantitative estimate of drug-likeness (QED) is 0.565. The van der Waals surface area contributed by atoms with Crippen molar-refractivity contribution >= 4 is 35.0 Å². The van der Waals surface area contributed by atoms with Gasteiger partial charge in [-0.25, -0.2) is 0 Å². The lowest BCUT2D eigenvalue weighted by Crippen LogP contribution is -2.41. The van der Waals surface area contributed by atoms with Gasteiger partial charge in [0.2, 0.25) is 11.8 Å². The molecule has 0 spiro atoms. The fourth-order valence-corrected chi connectivity index (χ4v) is 2.67. The molecule has 160 valence electrons. The van der Waals surface area contributed by atoms with Crippen LogP contribution in [0.15, 0.2) is 48.5 Å². The maximum atomic E-state index is 12.2. The fourth-order valence-electron chi connectivity index (χ4n) is 2.49. The number of likely N-dealkylation sites (N-methyl/N-ethyl adjacent to an activating group) is 1. The zero-order valence-corrected chi connectivity index (χ0v) is 17.9. The van der Waals surface area contributed by atoms with Crippen molar-refractivity contribution in [1.29, 1.82) is 0 Å². The fraction of sp³-hybridized carbons (Fsp3) is 0.318. The van der Waals surface area contributed by atoms with E-state index in [9.17, 15) is 14.4 Å². The highest BCUT2D eigenvalue weighted by molar-refractivity contribution is 6.33. The number of hydrogen-bond acceptors (Lipinski definition) is 4. The van der Waals surface area contributed by atoms with Crippen molar-refractivity contribution in [3.63, 3.8) is 0 Å². The molecule has 0 radical (unpaired) electrons. The number of nitrogens with one attached hydrogen (secondary N) is 2. The van der Waals surface area contributed by atoms with Crippen LogP contribution in [0.3, 0.4) is 0 Å². The average molecular weight is 432 g/mol. The van der Waals surface area contributed by atoms with Gasteiger partial charge < -0.3 is 20.3 Å². The standard InChI is InChI=1S/C22H26ClN3O4/c1-3-4-13-30-17-11-9-16(10-12-17)22(29)24-14-21(28)26(2)15-20(27)25-19-8-6-5-7-18(19)23/h5-12H,3-4,13-15H2,1-2H3,(H,24,29)(H,25,27). The smallest absolute Gasteiger partial charge is 0.251 e. The number of benzene rings is 2. The minimum absolute atomic E-state index is 0.163. The number of anilines is 1. The molecule has 2 rings (SSSR count). The minimum Gasteiger partial charge on any atom is -0.494 e. The van der Waals surface area contributed by atoms with Gasteiger partial charge in [0.25, 0.3) is 5.91 Å². The Morgan fingerprint density at radius 1 is 1.07 bits per heavy atom. The minimum atomic E-state index is -0.392. The molecule has 0 aliphatic rings. The molecule has 0 aliphatic carbocycles. The first-order chi connectivity index (χ1) is 14.4. The van der Waals surface area contributed by atoms with Crippen LogP contribution in [0.25, 0.3) is 0 Å². The molecule has 2 aromatic rings. The normalized spacial score (nSPS) is 10.2. The molecule has 0 saturated carbocycles. The number of nitrogens with zero attached hydrogens (tertiary/aromatic N) is 1. The molecule has 0 unspecified atom stereocenters. The Kier molecular flexibility index (Phi) is 9.15. The van der Waals surface area contributed by atoms with Crippen LogP contribution in [-0.4, -0.2) is 49.4 Å². The van der Waals surface area contributed by atoms with Crippen LogP contribution in [0.2, 0.25) is 5.02 Å². The van der Waals surface area contributed by atoms with Gasteiger partial charge >= 0.3 is 0 Å². The summed E-state index contributed by atoms with van der Waals surface area (Å²) < 4.78 is 5.56. The molecule has 0 saturated heterocycles. The summed E-state index contributed by atoms with van der Waals surface area (Å²) in [6, 6.07) is 13.5. The van der Waals surface area contributed by atoms with E-state index < -0.39 is 5.91 Å². The van der Waals surface area contributed by atoms with Crippen molar-refractivity contribution < 1.29 is 19.1 Å². The van der Waals surface area contributed by atoms with E-state index in [1.807, 2.05) is 0 Å². The highest BCUT2D eigenvalue weighted by Crippen LogP contribution is 2.20. The number of carbonyl (C=O) groups is 3. The highest BCUT2D eigenvalue weighted by Gasteiger charge is 2.15. The molecular formula is C22H26ClN3O4. The molecule has 0 atom stereocenters. The van der Waals surface area contributed by atoms with E-state index in [1.54, 1.807) is 48.5 Å². The van der Waals surface area contributed by atoms with Crippen LogP contribution < -0.4 is 15.4 Å². The van der Waals surface area contributed by atoms with Gasteiger partial charge in [-0.3, -0.25) is 14.4 Å². The van der Waals surface area contributed by atoms with E-state index in [0.29, 0.717) is 28.6 Å². The van der Waals surface area contributed by atoms with E-state index in [-0.39, 0.29) is 24.9 Å². The molecule has 2 N–H and O–H groups in total. The summed E-state index contributed by atoms with van der Waals surface area (Å²) in [6.45, 7) is 2.33. The van der Waals surface area contributed by atoms with Gasteiger partial charge in [0.05, 0.1) is 30.4 Å². The summed E-state index contributed by atoms with van der Waals surface area (Å²) in [5.41, 5.74) is 0.894. The number of para-hydroxylation sites is 1. The van der Waals surface area contributed by atoms with Crippen molar-refractivity contribution in [3.8, 4) is 5.75 Å². The van der Waals surface area contributed by atoms with Crippen molar-refractivity contribution in [3.05, 3.63) is 59.1 Å². The van der Waals surface area contributed by atoms with Crippen LogP contribution >= 0.6 is 11.6 Å². The van der Waals surface area contributed by atoms with Crippen molar-refractivity contribution in [2.75, 3.05) is 32.1 Å². The molecule has 2 aromatic carbocycles. The second kappa shape index (κ2) is 11.8. The van der Waals surface area contributed by atoms with Crippen molar-refractivity contribution in [2.45, 2.75) is 19.8 Å². The second-order valence-electron chi connectivity index (χ2n) is 6.69. The summed E-state index contributed by atoms with van der Waals surface area (Å²) in [7, 11) is 1.49. The molecular weight excluding hydrogens is 406 g/mol. The maximum absolute atomic E-state index is 12.2. The van der Waals surface area contributed by atoms with E-state index >= 15 is 0 Å². The van der Waals surface area contributed by atoms with Gasteiger partial charge in [0.15, 0.2) is 0 Å². The van der Waals surface area contributed by atoms with E-state index in [2.05, 4.69) is 17.6 Å². The number of carbonyl (C=O) groups excluding carboxylic acids is 3. The first kappa shape index (κ1) is 23.2. The molecule has 0 bridgehead atoms. The van der Waals surface area contributed by atoms with Gasteiger partial charge in [-0.05, 0) is 42.8 Å². The number of rotatable bonds is 10. The monoisotopic (exact) mass is 431 g/mol. The third-order valence-corrected chi connectivity index (χ3v) is 4.57. The summed E-state index contributed by atoms with van der Waals surface area (Å²) >= 11 is 6.00. The molecule has 8 heteroatoms. The summed E-state index contributed by atoms with van der Waals surface area (Å²) in [6.07, 6.45) is 2.01. The molecule has 0 aliphatic heterocycles. The van der Waals surface area contributed by atoms with Gasteiger partial charge in [-0.2, -0.15) is 0 Å². The Bertz CT molecular complexity index is 871. The molecule has 0 aromatic heterocycles. The lowest BCUT2D eigenvalue weighted by Gasteiger charge is -2.17. The third kappa shape index (κ3) is 7.40. The summed E-state index contributed by atoms with van der Waals surface area (Å²) in [5.74, 6) is -0.459. The number of halogens is 1. The predicted octanol–water partition coefficient (Wildman–Crippen LogP) is 3.35. The van der Waals surface area contributed by atoms with Crippen molar-refractivity contribution in [2.24, 2.45) is 0 Å². The predicted molar refractivity (Wildman–Crippen MR) is 117 cm³/mol. The van der Waals surface area contributed by atoms with Gasteiger partial charge in [-0.15, -0.1) is 0 Å². The van der Waals surface area contributed by atoms with Gasteiger partial charge in [0.1, 0.15) is 5.75 Å². The topological polar surface area (TPSA) is 87.7 Å². The van der Waals surface area contributed by atoms with E-state index in [0.717, 1.165) is 12.8 Å². The van der Waals surface area contributed by atoms with E-state index in [1.165, 1.54) is 11.9 Å². The molecule has 3 amide bonds. The highest BCUT2D eigenvalue weighted by atomic mass is 35.5. The lowest BCUT2D eigenvalue weighted by molar-refractivity contribution is -0.132. The Hall–Kier alpha value is -3.06. The number of amides is 3. The van der Waals surface area contributed by atoms with Crippen LogP contribution in [-0.2, 0) is 9.59 Å². The Morgan fingerprint density at radius 2 is 1.77 bits per heavy atom. The Labute approximate surface area is 181 Å². The molecule has 0 fully saturated rings. The molecule has 0 heterocycles. The molecule has 7 nitrogen and oxygen atoms in total. The lowest BCUT2D eigenvalue weighted by atomic mass is 10.2. The number of unbranched alkanes of at least 4 members (excludes halogenated alkanes) is 1. The Morgan fingerprint density at radius 3 is 2.43 bits per heavy atom. The average Bonchev–Trinajstić information content (AvgIpc) is 2.74. The van der Waals surface area contributed by atoms with Crippen LogP contribution in [0.4, 0.5) is 5.69 Å². The largest absolute Gasteiger partial charge is 0.494 e. The Balaban J connectivity index is 1.77. The van der Waals surface area contributed by atoms with Gasteiger partial charge in [-0.1, -0.05) is 37.1 Å². The first-order valence-corrected chi connectivity index (χ1v) is 10.1. The number of hydrogen-bond donors (Lipinski definition) is 2. The third-order valence-electron chi connectivity index (χ3n) is 4.24. The zero-order valence-electron chi connectivity index (χ0n) is 17.1. The second-order valence-corrected chi connectivity index (χ2v) is 7.09. The van der Waals surface area contributed by atoms with Crippen LogP contribution in [0.1, 0.15) is 30.1 Å². The van der Waals surface area contributed by atoms with Crippen LogP contribution in [0, 0.1) is 0 Å². The van der Waals surface area contributed by atoms with Crippen LogP contribution in [0.5, 0.6) is 5.75 Å². The maximum Gasteiger partial charge on any atom is 0.251 e.